The zero-order valence-corrected chi connectivity index (χ0v) is 17.8. The molecule has 166 valence electrons. The summed E-state index contributed by atoms with van der Waals surface area (Å²) in [4.78, 5) is 48.4. The number of nitrogens with one attached hydrogen (secondary N) is 1. The van der Waals surface area contributed by atoms with E-state index in [0.717, 1.165) is 19.1 Å². The topological polar surface area (TPSA) is 95.5 Å². The number of allylic oxidation sites excluding steroid dienone is 1. The van der Waals surface area contributed by atoms with E-state index in [-0.39, 0.29) is 24.4 Å². The minimum atomic E-state index is -0.595. The van der Waals surface area contributed by atoms with Crippen LogP contribution in [-0.2, 0) is 14.4 Å². The van der Waals surface area contributed by atoms with E-state index in [0.29, 0.717) is 47.6 Å². The summed E-state index contributed by atoms with van der Waals surface area (Å²) in [6.45, 7) is 0.439. The molecule has 4 rings (SSSR count). The molecule has 2 aliphatic rings. The van der Waals surface area contributed by atoms with Crippen molar-refractivity contribution in [2.45, 2.75) is 31.7 Å². The first-order valence-electron chi connectivity index (χ1n) is 10.5. The number of anilines is 1. The molecule has 1 fully saturated rings. The Morgan fingerprint density at radius 1 is 1.28 bits per heavy atom. The number of aromatic nitrogens is 2. The van der Waals surface area contributed by atoms with Crippen molar-refractivity contribution in [3.05, 3.63) is 53.9 Å². The highest BCUT2D eigenvalue weighted by atomic mass is 19.1. The second-order valence-electron chi connectivity index (χ2n) is 7.99. The second-order valence-corrected chi connectivity index (χ2v) is 7.99. The average Bonchev–Trinajstić information content (AvgIpc) is 3.64. The number of pyridine rings is 2. The fourth-order valence-electron chi connectivity index (χ4n) is 3.82. The Kier molecular flexibility index (Phi) is 6.25. The van der Waals surface area contributed by atoms with Gasteiger partial charge in [0.15, 0.2) is 0 Å². The summed E-state index contributed by atoms with van der Waals surface area (Å²) in [5.74, 6) is -0.864. The fraction of sp³-hybridized carbons (Fsp3) is 0.348. The van der Waals surface area contributed by atoms with Crippen LogP contribution in [-0.4, -0.2) is 64.0 Å². The summed E-state index contributed by atoms with van der Waals surface area (Å²) >= 11 is 0. The molecule has 0 unspecified atom stereocenters. The quantitative estimate of drug-likeness (QED) is 0.528. The van der Waals surface area contributed by atoms with E-state index in [2.05, 4.69) is 15.3 Å². The first kappa shape index (κ1) is 21.6. The Balaban J connectivity index is 1.45. The number of aldehydes is 1. The van der Waals surface area contributed by atoms with E-state index in [4.69, 9.17) is 0 Å². The van der Waals surface area contributed by atoms with E-state index < -0.39 is 5.95 Å². The Labute approximate surface area is 185 Å². The molecule has 0 aromatic carbocycles. The third-order valence-electron chi connectivity index (χ3n) is 5.69. The molecule has 32 heavy (non-hydrogen) atoms. The molecule has 8 nitrogen and oxygen atoms in total. The van der Waals surface area contributed by atoms with Crippen molar-refractivity contribution in [3.8, 4) is 11.1 Å². The number of carbonyl (C=O) groups excluding carboxylic acids is 3. The minimum absolute atomic E-state index is 0.0718. The normalized spacial score (nSPS) is 16.0. The number of rotatable bonds is 7. The highest BCUT2D eigenvalue weighted by Crippen LogP contribution is 2.30. The van der Waals surface area contributed by atoms with Crippen molar-refractivity contribution in [3.63, 3.8) is 0 Å². The third-order valence-corrected chi connectivity index (χ3v) is 5.69. The number of amides is 2. The van der Waals surface area contributed by atoms with Crippen LogP contribution in [0.2, 0.25) is 0 Å². The number of hydrogen-bond donors (Lipinski definition) is 1. The predicted octanol–water partition coefficient (Wildman–Crippen LogP) is 2.39. The molecule has 0 atom stereocenters. The number of nitrogens with zero attached hydrogens (tertiary/aromatic N) is 4. The lowest BCUT2D eigenvalue weighted by Gasteiger charge is -2.33. The van der Waals surface area contributed by atoms with Crippen LogP contribution in [0.4, 0.5) is 10.2 Å². The van der Waals surface area contributed by atoms with Gasteiger partial charge < -0.3 is 15.1 Å². The lowest BCUT2D eigenvalue weighted by Crippen LogP contribution is -2.43. The molecule has 0 spiro atoms. The van der Waals surface area contributed by atoms with Gasteiger partial charge in [0.1, 0.15) is 17.8 Å². The minimum Gasteiger partial charge on any atom is -0.357 e. The van der Waals surface area contributed by atoms with Crippen LogP contribution in [0.15, 0.2) is 47.9 Å². The molecule has 0 radical (unpaired) electrons. The summed E-state index contributed by atoms with van der Waals surface area (Å²) < 4.78 is 13.8. The van der Waals surface area contributed by atoms with Gasteiger partial charge in [-0.05, 0) is 49.9 Å². The summed E-state index contributed by atoms with van der Waals surface area (Å²) in [5, 5.41) is 2.70. The second kappa shape index (κ2) is 9.25. The molecule has 1 N–H and O–H groups in total. The van der Waals surface area contributed by atoms with Crippen molar-refractivity contribution in [2.24, 2.45) is 0 Å². The van der Waals surface area contributed by atoms with Gasteiger partial charge in [-0.1, -0.05) is 0 Å². The van der Waals surface area contributed by atoms with Crippen LogP contribution in [0.1, 0.15) is 25.7 Å². The smallest absolute Gasteiger partial charge is 0.270 e. The maximum absolute atomic E-state index is 13.8. The van der Waals surface area contributed by atoms with Gasteiger partial charge in [0.2, 0.25) is 11.9 Å². The molecule has 1 aliphatic carbocycles. The average molecular weight is 437 g/mol. The monoisotopic (exact) mass is 437 g/mol. The summed E-state index contributed by atoms with van der Waals surface area (Å²) in [5.41, 5.74) is 1.61. The van der Waals surface area contributed by atoms with Gasteiger partial charge in [0, 0.05) is 48.7 Å². The molecule has 1 aliphatic heterocycles. The maximum Gasteiger partial charge on any atom is 0.270 e. The lowest BCUT2D eigenvalue weighted by atomic mass is 10.0. The van der Waals surface area contributed by atoms with Gasteiger partial charge in [-0.25, -0.2) is 9.97 Å². The maximum atomic E-state index is 13.8. The molecule has 0 saturated heterocycles. The lowest BCUT2D eigenvalue weighted by molar-refractivity contribution is -0.129. The van der Waals surface area contributed by atoms with Crippen molar-refractivity contribution in [1.29, 1.82) is 0 Å². The van der Waals surface area contributed by atoms with E-state index >= 15 is 0 Å². The molecule has 9 heteroatoms. The SMILES string of the molecule is CN(C(=O)C1=C(C=O)CCCN1CC(=O)Nc1ccc(-c2cccnc2F)cn1)C1CC1. The zero-order valence-electron chi connectivity index (χ0n) is 17.8. The Bertz CT molecular complexity index is 1070. The molecule has 0 bridgehead atoms. The van der Waals surface area contributed by atoms with Crippen molar-refractivity contribution >= 4 is 23.9 Å². The first-order valence-corrected chi connectivity index (χ1v) is 10.5. The summed E-state index contributed by atoms with van der Waals surface area (Å²) in [6.07, 6.45) is 6.67. The summed E-state index contributed by atoms with van der Waals surface area (Å²) in [7, 11) is 1.73. The highest BCUT2D eigenvalue weighted by molar-refractivity contribution is 6.00. The number of hydrogen-bond acceptors (Lipinski definition) is 6. The van der Waals surface area contributed by atoms with E-state index in [1.165, 1.54) is 12.4 Å². The van der Waals surface area contributed by atoms with Gasteiger partial charge in [0.25, 0.3) is 5.91 Å². The van der Waals surface area contributed by atoms with E-state index in [1.54, 1.807) is 41.1 Å². The van der Waals surface area contributed by atoms with Gasteiger partial charge in [-0.2, -0.15) is 4.39 Å². The molecule has 2 amide bonds. The van der Waals surface area contributed by atoms with Crippen LogP contribution in [0, 0.1) is 5.95 Å². The van der Waals surface area contributed by atoms with Gasteiger partial charge in [-0.15, -0.1) is 0 Å². The van der Waals surface area contributed by atoms with Gasteiger partial charge in [0.05, 0.1) is 6.54 Å². The number of halogens is 1. The highest BCUT2D eigenvalue weighted by Gasteiger charge is 2.35. The Hall–Kier alpha value is -3.62. The van der Waals surface area contributed by atoms with Crippen LogP contribution in [0.3, 0.4) is 0 Å². The van der Waals surface area contributed by atoms with Gasteiger partial charge in [-0.3, -0.25) is 14.4 Å². The number of likely N-dealkylation sites (N-methyl/N-ethyl adjacent to an activating group) is 1. The molecular formula is C23H24FN5O3. The van der Waals surface area contributed by atoms with Crippen molar-refractivity contribution in [1.82, 2.24) is 19.8 Å². The van der Waals surface area contributed by atoms with E-state index in [1.807, 2.05) is 0 Å². The van der Waals surface area contributed by atoms with Crippen molar-refractivity contribution < 1.29 is 18.8 Å². The molecule has 2 aromatic rings. The van der Waals surface area contributed by atoms with Crippen LogP contribution in [0.25, 0.3) is 11.1 Å². The van der Waals surface area contributed by atoms with Crippen LogP contribution < -0.4 is 5.32 Å². The Morgan fingerprint density at radius 3 is 2.75 bits per heavy atom. The zero-order chi connectivity index (χ0) is 22.7. The standard InChI is InChI=1S/C23H24FN5O3/c1-28(17-7-8-17)23(32)21-16(14-30)4-3-11-29(21)13-20(31)27-19-9-6-15(12-26-19)18-5-2-10-25-22(18)24/h2,5-6,9-10,12,14,17H,3-4,7-8,11,13H2,1H3,(H,26,27,31). The van der Waals surface area contributed by atoms with Crippen LogP contribution in [0.5, 0.6) is 0 Å². The van der Waals surface area contributed by atoms with Gasteiger partial charge >= 0.3 is 0 Å². The summed E-state index contributed by atoms with van der Waals surface area (Å²) in [6, 6.07) is 6.66. The molecular weight excluding hydrogens is 413 g/mol. The molecule has 1 saturated carbocycles. The Morgan fingerprint density at radius 2 is 2.09 bits per heavy atom. The third kappa shape index (κ3) is 4.66. The van der Waals surface area contributed by atoms with Crippen molar-refractivity contribution in [2.75, 3.05) is 25.5 Å². The fourth-order valence-corrected chi connectivity index (χ4v) is 3.82. The predicted molar refractivity (Wildman–Crippen MR) is 116 cm³/mol. The number of carbonyl (C=O) groups is 3. The largest absolute Gasteiger partial charge is 0.357 e. The molecule has 2 aromatic heterocycles. The van der Waals surface area contributed by atoms with Crippen LogP contribution >= 0.6 is 0 Å². The molecule has 3 heterocycles. The van der Waals surface area contributed by atoms with E-state index in [9.17, 15) is 18.8 Å². The first-order chi connectivity index (χ1) is 15.5.